The maximum atomic E-state index is 12.3. The highest BCUT2D eigenvalue weighted by Gasteiger charge is 2.21. The molecule has 2 aromatic rings. The average Bonchev–Trinajstić information content (AvgIpc) is 2.47. The molecule has 0 fully saturated rings. The molecule has 0 unspecified atom stereocenters. The molecule has 1 N–H and O–H groups in total. The molecule has 0 bridgehead atoms. The van der Waals surface area contributed by atoms with Crippen LogP contribution in [0.2, 0.25) is 0 Å². The van der Waals surface area contributed by atoms with Gasteiger partial charge in [0.15, 0.2) is 0 Å². The number of nitrogens with zero attached hydrogens (tertiary/aromatic N) is 2. The molecule has 0 amide bonds. The van der Waals surface area contributed by atoms with Crippen LogP contribution in [0, 0.1) is 13.8 Å². The normalized spacial score (nSPS) is 14.7. The van der Waals surface area contributed by atoms with Crippen LogP contribution in [0.15, 0.2) is 23.0 Å². The van der Waals surface area contributed by atoms with Crippen LogP contribution in [0.25, 0.3) is 0 Å². The third kappa shape index (κ3) is 3.70. The van der Waals surface area contributed by atoms with Gasteiger partial charge < -0.3 is 4.98 Å². The molecule has 122 valence electrons. The van der Waals surface area contributed by atoms with Gasteiger partial charge in [-0.15, -0.1) is 0 Å². The molecule has 0 atom stereocenters. The summed E-state index contributed by atoms with van der Waals surface area (Å²) in [6, 6.07) is 6.66. The van der Waals surface area contributed by atoms with E-state index in [-0.39, 0.29) is 5.56 Å². The molecule has 0 spiro atoms. The first-order valence-electron chi connectivity index (χ1n) is 8.45. The zero-order valence-electron chi connectivity index (χ0n) is 14.3. The third-order valence-electron chi connectivity index (χ3n) is 4.37. The molecule has 3 rings (SSSR count). The van der Waals surface area contributed by atoms with E-state index in [1.807, 2.05) is 0 Å². The lowest BCUT2D eigenvalue weighted by molar-refractivity contribution is 0.241. The lowest BCUT2D eigenvalue weighted by Gasteiger charge is -2.28. The van der Waals surface area contributed by atoms with Gasteiger partial charge in [-0.05, 0) is 25.8 Å². The van der Waals surface area contributed by atoms with Gasteiger partial charge in [0, 0.05) is 32.5 Å². The van der Waals surface area contributed by atoms with Crippen molar-refractivity contribution in [1.82, 2.24) is 14.9 Å². The Morgan fingerprint density at radius 1 is 1.22 bits per heavy atom. The second-order valence-corrected chi connectivity index (χ2v) is 6.64. The SMILES string of the molecule is CCCc1nc2c(c(=O)[nH]1)CN(Cc1cc(C)cc(C)c1)CC2. The predicted octanol–water partition coefficient (Wildman–Crippen LogP) is 2.90. The maximum Gasteiger partial charge on any atom is 0.255 e. The van der Waals surface area contributed by atoms with E-state index in [2.05, 4.69) is 53.8 Å². The van der Waals surface area contributed by atoms with Crippen molar-refractivity contribution in [3.8, 4) is 0 Å². The molecular weight excluding hydrogens is 286 g/mol. The first-order chi connectivity index (χ1) is 11.0. The van der Waals surface area contributed by atoms with Crippen LogP contribution in [0.3, 0.4) is 0 Å². The van der Waals surface area contributed by atoms with Crippen molar-refractivity contribution >= 4 is 0 Å². The Kier molecular flexibility index (Phi) is 4.62. The van der Waals surface area contributed by atoms with Gasteiger partial charge in [0.25, 0.3) is 5.56 Å². The minimum absolute atomic E-state index is 0.0450. The summed E-state index contributed by atoms with van der Waals surface area (Å²) in [5, 5.41) is 0. The summed E-state index contributed by atoms with van der Waals surface area (Å²) in [6.45, 7) is 8.90. The number of hydrogen-bond acceptors (Lipinski definition) is 3. The topological polar surface area (TPSA) is 49.0 Å². The highest BCUT2D eigenvalue weighted by molar-refractivity contribution is 5.29. The van der Waals surface area contributed by atoms with Gasteiger partial charge in [-0.3, -0.25) is 9.69 Å². The zero-order valence-corrected chi connectivity index (χ0v) is 14.3. The molecule has 23 heavy (non-hydrogen) atoms. The molecule has 4 heteroatoms. The fourth-order valence-electron chi connectivity index (χ4n) is 3.44. The van der Waals surface area contributed by atoms with E-state index in [1.54, 1.807) is 0 Å². The molecule has 2 heterocycles. The van der Waals surface area contributed by atoms with Gasteiger partial charge in [-0.2, -0.15) is 0 Å². The largest absolute Gasteiger partial charge is 0.310 e. The van der Waals surface area contributed by atoms with E-state index >= 15 is 0 Å². The Morgan fingerprint density at radius 3 is 2.65 bits per heavy atom. The summed E-state index contributed by atoms with van der Waals surface area (Å²) in [5.74, 6) is 0.832. The van der Waals surface area contributed by atoms with Gasteiger partial charge in [-0.25, -0.2) is 4.98 Å². The number of aryl methyl sites for hydroxylation is 3. The second-order valence-electron chi connectivity index (χ2n) is 6.64. The quantitative estimate of drug-likeness (QED) is 0.944. The van der Waals surface area contributed by atoms with Gasteiger partial charge in [-0.1, -0.05) is 36.2 Å². The summed E-state index contributed by atoms with van der Waals surface area (Å²) in [4.78, 5) is 22.3. The summed E-state index contributed by atoms with van der Waals surface area (Å²) in [6.07, 6.45) is 2.70. The van der Waals surface area contributed by atoms with Crippen LogP contribution in [0.1, 0.15) is 47.1 Å². The Hall–Kier alpha value is -1.94. The molecular formula is C19H25N3O. The molecule has 0 saturated carbocycles. The number of benzene rings is 1. The molecule has 4 nitrogen and oxygen atoms in total. The molecule has 0 aliphatic carbocycles. The van der Waals surface area contributed by atoms with Crippen LogP contribution >= 0.6 is 0 Å². The number of rotatable bonds is 4. The Labute approximate surface area is 137 Å². The minimum atomic E-state index is 0.0450. The van der Waals surface area contributed by atoms with Crippen molar-refractivity contribution in [2.24, 2.45) is 0 Å². The number of H-pyrrole nitrogens is 1. The van der Waals surface area contributed by atoms with Crippen LogP contribution in [-0.4, -0.2) is 21.4 Å². The number of nitrogens with one attached hydrogen (secondary N) is 1. The van der Waals surface area contributed by atoms with E-state index in [9.17, 15) is 4.79 Å². The first kappa shape index (κ1) is 15.9. The maximum absolute atomic E-state index is 12.3. The zero-order chi connectivity index (χ0) is 16.4. The Balaban J connectivity index is 1.79. The third-order valence-corrected chi connectivity index (χ3v) is 4.37. The summed E-state index contributed by atoms with van der Waals surface area (Å²) < 4.78 is 0. The van der Waals surface area contributed by atoms with Crippen molar-refractivity contribution in [2.45, 2.75) is 53.1 Å². The Bertz CT molecular complexity index is 743. The van der Waals surface area contributed by atoms with Crippen LogP contribution in [-0.2, 0) is 25.9 Å². The van der Waals surface area contributed by atoms with Gasteiger partial charge in [0.05, 0.1) is 11.3 Å². The summed E-state index contributed by atoms with van der Waals surface area (Å²) in [5.41, 5.74) is 5.79. The lowest BCUT2D eigenvalue weighted by Crippen LogP contribution is -2.35. The van der Waals surface area contributed by atoms with Crippen LogP contribution < -0.4 is 5.56 Å². The highest BCUT2D eigenvalue weighted by Crippen LogP contribution is 2.18. The predicted molar refractivity (Wildman–Crippen MR) is 92.6 cm³/mol. The lowest BCUT2D eigenvalue weighted by atomic mass is 10.0. The van der Waals surface area contributed by atoms with Crippen molar-refractivity contribution in [2.75, 3.05) is 6.54 Å². The van der Waals surface area contributed by atoms with E-state index in [0.29, 0.717) is 6.54 Å². The smallest absolute Gasteiger partial charge is 0.255 e. The molecule has 1 aromatic heterocycles. The number of aromatic amines is 1. The van der Waals surface area contributed by atoms with Gasteiger partial charge >= 0.3 is 0 Å². The van der Waals surface area contributed by atoms with Crippen LogP contribution in [0.4, 0.5) is 0 Å². The van der Waals surface area contributed by atoms with Crippen molar-refractivity contribution in [1.29, 1.82) is 0 Å². The number of hydrogen-bond donors (Lipinski definition) is 1. The van der Waals surface area contributed by atoms with Crippen molar-refractivity contribution in [3.05, 3.63) is 62.3 Å². The number of fused-ring (bicyclic) bond motifs is 1. The first-order valence-corrected chi connectivity index (χ1v) is 8.45. The standard InChI is InChI=1S/C19H25N3O/c1-4-5-18-20-17-6-7-22(12-16(17)19(23)21-18)11-15-9-13(2)8-14(3)10-15/h8-10H,4-7,11-12H2,1-3H3,(H,20,21,23). The van der Waals surface area contributed by atoms with Gasteiger partial charge in [0.2, 0.25) is 0 Å². The fourth-order valence-corrected chi connectivity index (χ4v) is 3.44. The molecule has 1 aliphatic rings. The molecule has 0 saturated heterocycles. The van der Waals surface area contributed by atoms with E-state index in [0.717, 1.165) is 49.4 Å². The average molecular weight is 311 g/mol. The molecule has 0 radical (unpaired) electrons. The highest BCUT2D eigenvalue weighted by atomic mass is 16.1. The molecule has 1 aliphatic heterocycles. The van der Waals surface area contributed by atoms with Crippen LogP contribution in [0.5, 0.6) is 0 Å². The summed E-state index contributed by atoms with van der Waals surface area (Å²) in [7, 11) is 0. The fraction of sp³-hybridized carbons (Fsp3) is 0.474. The second kappa shape index (κ2) is 6.67. The minimum Gasteiger partial charge on any atom is -0.310 e. The number of aromatic nitrogens is 2. The summed E-state index contributed by atoms with van der Waals surface area (Å²) >= 11 is 0. The van der Waals surface area contributed by atoms with Crippen molar-refractivity contribution < 1.29 is 0 Å². The monoisotopic (exact) mass is 311 g/mol. The van der Waals surface area contributed by atoms with E-state index in [1.165, 1.54) is 16.7 Å². The molecule has 1 aromatic carbocycles. The Morgan fingerprint density at radius 2 is 1.96 bits per heavy atom. The van der Waals surface area contributed by atoms with Gasteiger partial charge in [0.1, 0.15) is 5.82 Å². The van der Waals surface area contributed by atoms with Crippen molar-refractivity contribution in [3.63, 3.8) is 0 Å². The van der Waals surface area contributed by atoms with E-state index in [4.69, 9.17) is 0 Å². The van der Waals surface area contributed by atoms with E-state index < -0.39 is 0 Å².